The SMILES string of the molecule is COC(=O)NCCc1cccc(-c2ccoc2)c1. The third kappa shape index (κ3) is 3.13. The molecule has 0 saturated carbocycles. The summed E-state index contributed by atoms with van der Waals surface area (Å²) in [5, 5.41) is 2.66. The van der Waals surface area contributed by atoms with Crippen molar-refractivity contribution in [2.45, 2.75) is 6.42 Å². The minimum atomic E-state index is -0.402. The van der Waals surface area contributed by atoms with Crippen molar-refractivity contribution in [3.05, 3.63) is 48.4 Å². The predicted octanol–water partition coefficient (Wildman–Crippen LogP) is 2.85. The molecule has 0 aliphatic rings. The average molecular weight is 245 g/mol. The molecule has 0 atom stereocenters. The van der Waals surface area contributed by atoms with Crippen molar-refractivity contribution in [2.75, 3.05) is 13.7 Å². The van der Waals surface area contributed by atoms with Crippen molar-refractivity contribution in [1.82, 2.24) is 5.32 Å². The number of carbonyl (C=O) groups is 1. The molecule has 0 spiro atoms. The highest BCUT2D eigenvalue weighted by Crippen LogP contribution is 2.20. The van der Waals surface area contributed by atoms with Crippen LogP contribution in [0.25, 0.3) is 11.1 Å². The van der Waals surface area contributed by atoms with Crippen molar-refractivity contribution in [2.24, 2.45) is 0 Å². The second kappa shape index (κ2) is 5.91. The lowest BCUT2D eigenvalue weighted by Crippen LogP contribution is -2.25. The van der Waals surface area contributed by atoms with Crippen LogP contribution in [0.3, 0.4) is 0 Å². The Morgan fingerprint density at radius 1 is 1.33 bits per heavy atom. The molecule has 4 nitrogen and oxygen atoms in total. The van der Waals surface area contributed by atoms with Gasteiger partial charge in [-0.1, -0.05) is 24.3 Å². The zero-order valence-corrected chi connectivity index (χ0v) is 10.2. The Kier molecular flexibility index (Phi) is 4.02. The zero-order valence-electron chi connectivity index (χ0n) is 10.2. The highest BCUT2D eigenvalue weighted by Gasteiger charge is 2.02. The summed E-state index contributed by atoms with van der Waals surface area (Å²) in [5.41, 5.74) is 3.32. The van der Waals surface area contributed by atoms with Gasteiger partial charge in [0.05, 0.1) is 19.6 Å². The first-order chi connectivity index (χ1) is 8.79. The molecule has 0 aliphatic heterocycles. The van der Waals surface area contributed by atoms with Gasteiger partial charge >= 0.3 is 6.09 Å². The Balaban J connectivity index is 1.98. The van der Waals surface area contributed by atoms with Crippen LogP contribution in [0.1, 0.15) is 5.56 Å². The van der Waals surface area contributed by atoms with E-state index in [-0.39, 0.29) is 0 Å². The summed E-state index contributed by atoms with van der Waals surface area (Å²) < 4.78 is 9.57. The van der Waals surface area contributed by atoms with Crippen molar-refractivity contribution in [3.8, 4) is 11.1 Å². The van der Waals surface area contributed by atoms with E-state index < -0.39 is 6.09 Å². The van der Waals surface area contributed by atoms with E-state index in [1.807, 2.05) is 24.3 Å². The summed E-state index contributed by atoms with van der Waals surface area (Å²) in [5.74, 6) is 0. The van der Waals surface area contributed by atoms with Crippen LogP contribution in [-0.4, -0.2) is 19.7 Å². The number of nitrogens with one attached hydrogen (secondary N) is 1. The number of carbonyl (C=O) groups excluding carboxylic acids is 1. The molecule has 18 heavy (non-hydrogen) atoms. The van der Waals surface area contributed by atoms with Gasteiger partial charge in [-0.2, -0.15) is 0 Å². The van der Waals surface area contributed by atoms with Gasteiger partial charge in [0.1, 0.15) is 0 Å². The lowest BCUT2D eigenvalue weighted by molar-refractivity contribution is 0.171. The van der Waals surface area contributed by atoms with Crippen LogP contribution in [0, 0.1) is 0 Å². The maximum atomic E-state index is 10.9. The van der Waals surface area contributed by atoms with Crippen LogP contribution in [0.2, 0.25) is 0 Å². The molecular weight excluding hydrogens is 230 g/mol. The van der Waals surface area contributed by atoms with Crippen LogP contribution in [-0.2, 0) is 11.2 Å². The summed E-state index contributed by atoms with van der Waals surface area (Å²) in [7, 11) is 1.36. The molecule has 0 bridgehead atoms. The van der Waals surface area contributed by atoms with E-state index in [1.165, 1.54) is 7.11 Å². The van der Waals surface area contributed by atoms with Crippen molar-refractivity contribution in [1.29, 1.82) is 0 Å². The molecule has 0 radical (unpaired) electrons. The molecule has 0 saturated heterocycles. The summed E-state index contributed by atoms with van der Waals surface area (Å²) in [6, 6.07) is 10.1. The molecule has 1 amide bonds. The first-order valence-corrected chi connectivity index (χ1v) is 5.73. The predicted molar refractivity (Wildman–Crippen MR) is 68.3 cm³/mol. The van der Waals surface area contributed by atoms with E-state index >= 15 is 0 Å². The molecule has 94 valence electrons. The minimum Gasteiger partial charge on any atom is -0.472 e. The third-order valence-electron chi connectivity index (χ3n) is 2.65. The number of methoxy groups -OCH3 is 1. The minimum absolute atomic E-state index is 0.402. The van der Waals surface area contributed by atoms with Crippen LogP contribution in [0.5, 0.6) is 0 Å². The summed E-state index contributed by atoms with van der Waals surface area (Å²) in [6.07, 6.45) is 3.73. The molecule has 4 heteroatoms. The van der Waals surface area contributed by atoms with Crippen LogP contribution >= 0.6 is 0 Å². The van der Waals surface area contributed by atoms with Gasteiger partial charge < -0.3 is 14.5 Å². The second-order valence-electron chi connectivity index (χ2n) is 3.88. The largest absolute Gasteiger partial charge is 0.472 e. The highest BCUT2D eigenvalue weighted by molar-refractivity contribution is 5.67. The molecule has 1 aromatic carbocycles. The Morgan fingerprint density at radius 3 is 2.94 bits per heavy atom. The molecule has 0 aliphatic carbocycles. The van der Waals surface area contributed by atoms with Gasteiger partial charge in [-0.25, -0.2) is 4.79 Å². The van der Waals surface area contributed by atoms with Crippen molar-refractivity contribution >= 4 is 6.09 Å². The van der Waals surface area contributed by atoms with Gasteiger partial charge in [0.2, 0.25) is 0 Å². The standard InChI is InChI=1S/C14H15NO3/c1-17-14(16)15-7-5-11-3-2-4-12(9-11)13-6-8-18-10-13/h2-4,6,8-10H,5,7H2,1H3,(H,15,16). The number of rotatable bonds is 4. The van der Waals surface area contributed by atoms with Crippen LogP contribution in [0.4, 0.5) is 4.79 Å². The number of amides is 1. The number of ether oxygens (including phenoxy) is 1. The van der Waals surface area contributed by atoms with Crippen molar-refractivity contribution in [3.63, 3.8) is 0 Å². The van der Waals surface area contributed by atoms with Crippen LogP contribution in [0.15, 0.2) is 47.3 Å². The van der Waals surface area contributed by atoms with Gasteiger partial charge in [0, 0.05) is 12.1 Å². The topological polar surface area (TPSA) is 51.5 Å². The monoisotopic (exact) mass is 245 g/mol. The normalized spacial score (nSPS) is 10.1. The van der Waals surface area contributed by atoms with Gasteiger partial charge in [0.15, 0.2) is 0 Å². The number of alkyl carbamates (subject to hydrolysis) is 1. The lowest BCUT2D eigenvalue weighted by Gasteiger charge is -2.05. The molecular formula is C14H15NO3. The van der Waals surface area contributed by atoms with E-state index in [0.717, 1.165) is 23.1 Å². The zero-order chi connectivity index (χ0) is 12.8. The first-order valence-electron chi connectivity index (χ1n) is 5.73. The van der Waals surface area contributed by atoms with Gasteiger partial charge in [0.25, 0.3) is 0 Å². The van der Waals surface area contributed by atoms with Crippen LogP contribution < -0.4 is 5.32 Å². The quantitative estimate of drug-likeness (QED) is 0.901. The smallest absolute Gasteiger partial charge is 0.406 e. The number of hydrogen-bond donors (Lipinski definition) is 1. The fourth-order valence-corrected chi connectivity index (χ4v) is 1.72. The highest BCUT2D eigenvalue weighted by atomic mass is 16.5. The Morgan fingerprint density at radius 2 is 2.22 bits per heavy atom. The lowest BCUT2D eigenvalue weighted by atomic mass is 10.0. The Bertz CT molecular complexity index is 506. The molecule has 2 rings (SSSR count). The van der Waals surface area contributed by atoms with Gasteiger partial charge in [-0.3, -0.25) is 0 Å². The molecule has 0 unspecified atom stereocenters. The maximum Gasteiger partial charge on any atom is 0.406 e. The maximum absolute atomic E-state index is 10.9. The third-order valence-corrected chi connectivity index (χ3v) is 2.65. The molecule has 1 heterocycles. The fourth-order valence-electron chi connectivity index (χ4n) is 1.72. The van der Waals surface area contributed by atoms with Crippen molar-refractivity contribution < 1.29 is 13.9 Å². The van der Waals surface area contributed by atoms with Gasteiger partial charge in [-0.05, 0) is 23.6 Å². The molecule has 1 aromatic heterocycles. The fraction of sp³-hybridized carbons (Fsp3) is 0.214. The number of furan rings is 1. The summed E-state index contributed by atoms with van der Waals surface area (Å²) in [4.78, 5) is 10.9. The average Bonchev–Trinajstić information content (AvgIpc) is 2.93. The summed E-state index contributed by atoms with van der Waals surface area (Å²) in [6.45, 7) is 0.557. The molecule has 2 aromatic rings. The number of hydrogen-bond acceptors (Lipinski definition) is 3. The first kappa shape index (κ1) is 12.2. The number of benzene rings is 1. The van der Waals surface area contributed by atoms with E-state index in [4.69, 9.17) is 4.42 Å². The van der Waals surface area contributed by atoms with Gasteiger partial charge in [-0.15, -0.1) is 0 Å². The van der Waals surface area contributed by atoms with E-state index in [0.29, 0.717) is 6.54 Å². The molecule has 0 fully saturated rings. The summed E-state index contributed by atoms with van der Waals surface area (Å²) >= 11 is 0. The van der Waals surface area contributed by atoms with E-state index in [2.05, 4.69) is 16.1 Å². The Labute approximate surface area is 106 Å². The Hall–Kier alpha value is -2.23. The van der Waals surface area contributed by atoms with E-state index in [1.54, 1.807) is 12.5 Å². The van der Waals surface area contributed by atoms with E-state index in [9.17, 15) is 4.79 Å². The molecule has 1 N–H and O–H groups in total. The second-order valence-corrected chi connectivity index (χ2v) is 3.88.